The molecule has 0 bridgehead atoms. The zero-order valence-electron chi connectivity index (χ0n) is 9.70. The average Bonchev–Trinajstić information content (AvgIpc) is 2.78. The Hall–Kier alpha value is -0.740. The maximum Gasteiger partial charge on any atom is 0.254 e. The van der Waals surface area contributed by atoms with Gasteiger partial charge in [0, 0.05) is 18.4 Å². The molecule has 0 saturated carbocycles. The maximum atomic E-state index is 11.9. The van der Waals surface area contributed by atoms with Crippen LogP contribution in [0.4, 0.5) is 0 Å². The number of amides is 1. The molecular weight excluding hydrogens is 256 g/mol. The Morgan fingerprint density at radius 1 is 1.71 bits per heavy atom. The molecule has 92 valence electrons. The number of aromatic nitrogens is 1. The van der Waals surface area contributed by atoms with Gasteiger partial charge in [-0.15, -0.1) is 0 Å². The first-order valence-corrected chi connectivity index (χ1v) is 7.18. The van der Waals surface area contributed by atoms with Crippen molar-refractivity contribution in [3.05, 3.63) is 28.5 Å². The van der Waals surface area contributed by atoms with E-state index in [2.05, 4.69) is 10.3 Å². The third-order valence-corrected chi connectivity index (χ3v) is 4.35. The molecule has 17 heavy (non-hydrogen) atoms. The summed E-state index contributed by atoms with van der Waals surface area (Å²) in [6, 6.07) is 1.71. The third-order valence-electron chi connectivity index (χ3n) is 2.81. The summed E-state index contributed by atoms with van der Waals surface area (Å²) in [6.45, 7) is 2.58. The van der Waals surface area contributed by atoms with E-state index in [1.807, 2.05) is 18.7 Å². The number of carbonyl (C=O) groups excluding carboxylic acids is 1. The quantitative estimate of drug-likeness (QED) is 0.918. The van der Waals surface area contributed by atoms with E-state index < -0.39 is 0 Å². The predicted molar refractivity (Wildman–Crippen MR) is 71.7 cm³/mol. The molecule has 1 fully saturated rings. The Morgan fingerprint density at radius 2 is 2.53 bits per heavy atom. The molecule has 1 saturated heterocycles. The van der Waals surface area contributed by atoms with Crippen molar-refractivity contribution in [1.29, 1.82) is 0 Å². The molecule has 5 heteroatoms. The van der Waals surface area contributed by atoms with Crippen LogP contribution >= 0.6 is 23.4 Å². The molecular formula is C12H15ClN2OS. The lowest BCUT2D eigenvalue weighted by molar-refractivity contribution is 0.0948. The fraction of sp³-hybridized carbons (Fsp3) is 0.500. The highest BCUT2D eigenvalue weighted by Crippen LogP contribution is 2.22. The van der Waals surface area contributed by atoms with Crippen molar-refractivity contribution in [3.8, 4) is 0 Å². The number of nitrogens with zero attached hydrogens (tertiary/aromatic N) is 1. The summed E-state index contributed by atoms with van der Waals surface area (Å²) in [5, 5.41) is 3.39. The van der Waals surface area contributed by atoms with Crippen LogP contribution in [0.1, 0.15) is 22.5 Å². The number of thioether (sulfide) groups is 1. The minimum absolute atomic E-state index is 0.126. The van der Waals surface area contributed by atoms with E-state index in [1.54, 1.807) is 6.07 Å². The van der Waals surface area contributed by atoms with E-state index in [1.165, 1.54) is 18.4 Å². The fourth-order valence-corrected chi connectivity index (χ4v) is 3.35. The Morgan fingerprint density at radius 3 is 3.18 bits per heavy atom. The summed E-state index contributed by atoms with van der Waals surface area (Å²) < 4.78 is 0. The van der Waals surface area contributed by atoms with Crippen LogP contribution in [0.3, 0.4) is 0 Å². The molecule has 3 nitrogen and oxygen atoms in total. The molecule has 0 spiro atoms. The largest absolute Gasteiger partial charge is 0.352 e. The van der Waals surface area contributed by atoms with E-state index in [0.29, 0.717) is 16.5 Å². The fourth-order valence-electron chi connectivity index (χ4n) is 1.77. The van der Waals surface area contributed by atoms with Crippen LogP contribution in [0, 0.1) is 12.8 Å². The lowest BCUT2D eigenvalue weighted by Gasteiger charge is -2.10. The molecule has 1 aromatic heterocycles. The van der Waals surface area contributed by atoms with Gasteiger partial charge in [0.1, 0.15) is 0 Å². The smallest absolute Gasteiger partial charge is 0.254 e. The third kappa shape index (κ3) is 3.36. The second-order valence-corrected chi connectivity index (χ2v) is 5.80. The van der Waals surface area contributed by atoms with E-state index in [-0.39, 0.29) is 5.91 Å². The van der Waals surface area contributed by atoms with E-state index in [9.17, 15) is 4.79 Å². The first-order valence-electron chi connectivity index (χ1n) is 5.65. The molecule has 1 unspecified atom stereocenters. The van der Waals surface area contributed by atoms with Gasteiger partial charge < -0.3 is 5.32 Å². The second kappa shape index (κ2) is 5.74. The minimum Gasteiger partial charge on any atom is -0.352 e. The van der Waals surface area contributed by atoms with Gasteiger partial charge in [0.15, 0.2) is 0 Å². The number of rotatable bonds is 3. The van der Waals surface area contributed by atoms with Crippen molar-refractivity contribution in [2.75, 3.05) is 18.1 Å². The first kappa shape index (κ1) is 12.7. The highest BCUT2D eigenvalue weighted by Gasteiger charge is 2.17. The minimum atomic E-state index is -0.126. The monoisotopic (exact) mass is 270 g/mol. The summed E-state index contributed by atoms with van der Waals surface area (Å²) >= 11 is 7.96. The van der Waals surface area contributed by atoms with E-state index >= 15 is 0 Å². The molecule has 0 radical (unpaired) electrons. The molecule has 1 amide bonds. The summed E-state index contributed by atoms with van der Waals surface area (Å²) in [6.07, 6.45) is 2.72. The first-order chi connectivity index (χ1) is 8.16. The Labute approximate surface area is 110 Å². The van der Waals surface area contributed by atoms with Gasteiger partial charge in [0.2, 0.25) is 0 Å². The van der Waals surface area contributed by atoms with Gasteiger partial charge in [-0.2, -0.15) is 11.8 Å². The summed E-state index contributed by atoms with van der Waals surface area (Å²) in [7, 11) is 0. The zero-order chi connectivity index (χ0) is 12.3. The van der Waals surface area contributed by atoms with Crippen molar-refractivity contribution in [2.24, 2.45) is 5.92 Å². The number of nitrogens with one attached hydrogen (secondary N) is 1. The molecule has 0 aliphatic carbocycles. The Balaban J connectivity index is 1.94. The van der Waals surface area contributed by atoms with Gasteiger partial charge >= 0.3 is 0 Å². The molecule has 2 rings (SSSR count). The maximum absolute atomic E-state index is 11.9. The number of hydrogen-bond donors (Lipinski definition) is 1. The van der Waals surface area contributed by atoms with Crippen molar-refractivity contribution in [2.45, 2.75) is 13.3 Å². The molecule has 1 aromatic rings. The van der Waals surface area contributed by atoms with Crippen LogP contribution in [-0.4, -0.2) is 28.9 Å². The van der Waals surface area contributed by atoms with Crippen LogP contribution in [0.5, 0.6) is 0 Å². The van der Waals surface area contributed by atoms with E-state index in [4.69, 9.17) is 11.6 Å². The van der Waals surface area contributed by atoms with Gasteiger partial charge in [-0.3, -0.25) is 9.78 Å². The highest BCUT2D eigenvalue weighted by atomic mass is 35.5. The van der Waals surface area contributed by atoms with Gasteiger partial charge in [0.25, 0.3) is 5.91 Å². The summed E-state index contributed by atoms with van der Waals surface area (Å²) in [5.41, 5.74) is 1.28. The standard InChI is InChI=1S/C12H15ClN2OS/c1-8-4-11(13)10(6-14-8)12(16)15-5-9-2-3-17-7-9/h4,6,9H,2-3,5,7H2,1H3,(H,15,16). The molecule has 1 atom stereocenters. The van der Waals surface area contributed by atoms with Crippen LogP contribution in [0.25, 0.3) is 0 Å². The normalized spacial score (nSPS) is 19.3. The lowest BCUT2D eigenvalue weighted by Crippen LogP contribution is -2.29. The predicted octanol–water partition coefficient (Wildman–Crippen LogP) is 2.53. The Kier molecular flexibility index (Phi) is 4.29. The molecule has 0 aromatic carbocycles. The van der Waals surface area contributed by atoms with Crippen LogP contribution in [0.15, 0.2) is 12.3 Å². The zero-order valence-corrected chi connectivity index (χ0v) is 11.3. The molecule has 1 aliphatic rings. The van der Waals surface area contributed by atoms with E-state index in [0.717, 1.165) is 18.0 Å². The van der Waals surface area contributed by atoms with Crippen molar-refractivity contribution in [1.82, 2.24) is 10.3 Å². The average molecular weight is 271 g/mol. The number of aryl methyl sites for hydroxylation is 1. The number of carbonyl (C=O) groups is 1. The van der Waals surface area contributed by atoms with Crippen molar-refractivity contribution >= 4 is 29.3 Å². The van der Waals surface area contributed by atoms with Gasteiger partial charge in [0.05, 0.1) is 10.6 Å². The van der Waals surface area contributed by atoms with Gasteiger partial charge in [-0.1, -0.05) is 11.6 Å². The van der Waals surface area contributed by atoms with Crippen molar-refractivity contribution < 1.29 is 4.79 Å². The van der Waals surface area contributed by atoms with Crippen LogP contribution in [0.2, 0.25) is 5.02 Å². The molecule has 2 heterocycles. The number of pyridine rings is 1. The second-order valence-electron chi connectivity index (χ2n) is 4.25. The molecule has 1 aliphatic heterocycles. The van der Waals surface area contributed by atoms with Gasteiger partial charge in [-0.05, 0) is 36.8 Å². The number of halogens is 1. The van der Waals surface area contributed by atoms with Crippen LogP contribution in [-0.2, 0) is 0 Å². The SMILES string of the molecule is Cc1cc(Cl)c(C(=O)NCC2CCSC2)cn1. The Bertz CT molecular complexity index is 419. The van der Waals surface area contributed by atoms with Gasteiger partial charge in [-0.25, -0.2) is 0 Å². The highest BCUT2D eigenvalue weighted by molar-refractivity contribution is 7.99. The lowest BCUT2D eigenvalue weighted by atomic mass is 10.1. The summed E-state index contributed by atoms with van der Waals surface area (Å²) in [5.74, 6) is 2.81. The summed E-state index contributed by atoms with van der Waals surface area (Å²) in [4.78, 5) is 16.0. The number of hydrogen-bond acceptors (Lipinski definition) is 3. The topological polar surface area (TPSA) is 42.0 Å². The van der Waals surface area contributed by atoms with Crippen LogP contribution < -0.4 is 5.32 Å². The molecule has 1 N–H and O–H groups in total. The van der Waals surface area contributed by atoms with Crippen molar-refractivity contribution in [3.63, 3.8) is 0 Å².